The highest BCUT2D eigenvalue weighted by molar-refractivity contribution is 6.17. The van der Waals surface area contributed by atoms with Gasteiger partial charge in [-0.3, -0.25) is 0 Å². The molecule has 0 radical (unpaired) electrons. The summed E-state index contributed by atoms with van der Waals surface area (Å²) in [4.78, 5) is 3.31. The minimum absolute atomic E-state index is 0.518. The lowest BCUT2D eigenvalue weighted by atomic mass is 10.1. The minimum atomic E-state index is 0.518. The zero-order valence-electron chi connectivity index (χ0n) is 6.26. The van der Waals surface area contributed by atoms with E-state index in [9.17, 15) is 0 Å². The minimum Gasteiger partial charge on any atom is -0.238 e. The van der Waals surface area contributed by atoms with Gasteiger partial charge in [0.15, 0.2) is 5.69 Å². The molecule has 56 valence electrons. The number of halogens is 1. The van der Waals surface area contributed by atoms with Gasteiger partial charge in [0, 0.05) is 5.88 Å². The van der Waals surface area contributed by atoms with Crippen molar-refractivity contribution in [3.05, 3.63) is 40.7 Å². The Morgan fingerprint density at radius 2 is 2.27 bits per heavy atom. The van der Waals surface area contributed by atoms with E-state index in [1.165, 1.54) is 0 Å². The molecule has 0 saturated carbocycles. The zero-order valence-corrected chi connectivity index (χ0v) is 7.02. The molecule has 1 nitrogen and oxygen atoms in total. The molecule has 0 spiro atoms. The highest BCUT2D eigenvalue weighted by Crippen LogP contribution is 2.18. The summed E-state index contributed by atoms with van der Waals surface area (Å²) in [5.41, 5.74) is 2.86. The van der Waals surface area contributed by atoms with E-state index in [1.54, 1.807) is 6.07 Å². The first-order valence-corrected chi connectivity index (χ1v) is 3.84. The van der Waals surface area contributed by atoms with Crippen LogP contribution in [0.15, 0.2) is 18.2 Å². The van der Waals surface area contributed by atoms with Crippen molar-refractivity contribution < 1.29 is 0 Å². The van der Waals surface area contributed by atoms with Crippen LogP contribution in [0.4, 0.5) is 5.69 Å². The Labute approximate surface area is 71.4 Å². The fraction of sp³-hybridized carbons (Fsp3) is 0.222. The van der Waals surface area contributed by atoms with Gasteiger partial charge in [0.1, 0.15) is 0 Å². The summed E-state index contributed by atoms with van der Waals surface area (Å²) in [6, 6.07) is 5.54. The molecule has 0 aliphatic rings. The van der Waals surface area contributed by atoms with E-state index in [0.717, 1.165) is 11.1 Å². The average Bonchev–Trinajstić information content (AvgIpc) is 2.04. The normalized spacial score (nSPS) is 9.18. The van der Waals surface area contributed by atoms with E-state index < -0.39 is 0 Å². The molecule has 0 heterocycles. The van der Waals surface area contributed by atoms with Gasteiger partial charge >= 0.3 is 0 Å². The lowest BCUT2D eigenvalue weighted by Gasteiger charge is -2.00. The standard InChI is InChI=1S/C9H8ClN/c1-7-5-9(11-2)4-3-8(7)6-10/h3-5H,6H2,1H3. The van der Waals surface area contributed by atoms with Gasteiger partial charge in [-0.25, -0.2) is 4.85 Å². The molecule has 0 aliphatic carbocycles. The quantitative estimate of drug-likeness (QED) is 0.444. The van der Waals surface area contributed by atoms with Crippen LogP contribution in [0.2, 0.25) is 0 Å². The van der Waals surface area contributed by atoms with Crippen molar-refractivity contribution in [1.82, 2.24) is 0 Å². The van der Waals surface area contributed by atoms with Crippen molar-refractivity contribution in [2.24, 2.45) is 0 Å². The second kappa shape index (κ2) is 3.41. The highest BCUT2D eigenvalue weighted by atomic mass is 35.5. The van der Waals surface area contributed by atoms with E-state index in [2.05, 4.69) is 4.85 Å². The second-order valence-electron chi connectivity index (χ2n) is 2.36. The highest BCUT2D eigenvalue weighted by Gasteiger charge is 1.96. The number of rotatable bonds is 1. The van der Waals surface area contributed by atoms with Gasteiger partial charge in [0.05, 0.1) is 6.57 Å². The zero-order chi connectivity index (χ0) is 8.27. The number of aryl methyl sites for hydroxylation is 1. The van der Waals surface area contributed by atoms with Crippen LogP contribution in [0, 0.1) is 13.5 Å². The molecule has 0 amide bonds. The van der Waals surface area contributed by atoms with Crippen LogP contribution >= 0.6 is 11.6 Å². The van der Waals surface area contributed by atoms with Crippen LogP contribution in [0.1, 0.15) is 11.1 Å². The van der Waals surface area contributed by atoms with Crippen LogP contribution in [-0.2, 0) is 5.88 Å². The Hall–Kier alpha value is -1.00. The van der Waals surface area contributed by atoms with Crippen molar-refractivity contribution >= 4 is 17.3 Å². The fourth-order valence-electron chi connectivity index (χ4n) is 0.900. The molecule has 2 heteroatoms. The summed E-state index contributed by atoms with van der Waals surface area (Å²) in [5, 5.41) is 0. The maximum atomic E-state index is 6.76. The Balaban J connectivity index is 3.12. The predicted octanol–water partition coefficient (Wildman–Crippen LogP) is 3.28. The number of hydrogen-bond acceptors (Lipinski definition) is 0. The topological polar surface area (TPSA) is 4.36 Å². The van der Waals surface area contributed by atoms with Crippen molar-refractivity contribution in [3.8, 4) is 0 Å². The molecule has 11 heavy (non-hydrogen) atoms. The van der Waals surface area contributed by atoms with E-state index >= 15 is 0 Å². The van der Waals surface area contributed by atoms with E-state index in [4.69, 9.17) is 18.2 Å². The maximum Gasteiger partial charge on any atom is 0.187 e. The summed E-state index contributed by atoms with van der Waals surface area (Å²) in [6.45, 7) is 8.72. The van der Waals surface area contributed by atoms with Gasteiger partial charge < -0.3 is 0 Å². The third-order valence-electron chi connectivity index (χ3n) is 1.60. The summed E-state index contributed by atoms with van der Waals surface area (Å²) in [6.07, 6.45) is 0. The average molecular weight is 166 g/mol. The number of benzene rings is 1. The van der Waals surface area contributed by atoms with Crippen molar-refractivity contribution in [3.63, 3.8) is 0 Å². The first-order chi connectivity index (χ1) is 5.27. The monoisotopic (exact) mass is 165 g/mol. The largest absolute Gasteiger partial charge is 0.238 e. The number of alkyl halides is 1. The van der Waals surface area contributed by atoms with Gasteiger partial charge in [0.25, 0.3) is 0 Å². The van der Waals surface area contributed by atoms with Crippen LogP contribution in [0.25, 0.3) is 4.85 Å². The summed E-state index contributed by atoms with van der Waals surface area (Å²) < 4.78 is 0. The molecular formula is C9H8ClN. The molecule has 0 aromatic heterocycles. The summed E-state index contributed by atoms with van der Waals surface area (Å²) in [5.74, 6) is 0.518. The SMILES string of the molecule is [C-]#[N+]c1ccc(CCl)c(C)c1. The van der Waals surface area contributed by atoms with E-state index in [1.807, 2.05) is 19.1 Å². The van der Waals surface area contributed by atoms with Crippen LogP contribution in [0.5, 0.6) is 0 Å². The molecule has 1 rings (SSSR count). The maximum absolute atomic E-state index is 6.76. The Kier molecular flexibility index (Phi) is 2.51. The Morgan fingerprint density at radius 3 is 2.73 bits per heavy atom. The van der Waals surface area contributed by atoms with Gasteiger partial charge in [-0.05, 0) is 12.5 Å². The Bertz CT molecular complexity index is 299. The van der Waals surface area contributed by atoms with Crippen LogP contribution in [0.3, 0.4) is 0 Å². The van der Waals surface area contributed by atoms with Crippen molar-refractivity contribution in [2.45, 2.75) is 12.8 Å². The van der Waals surface area contributed by atoms with Crippen LogP contribution in [-0.4, -0.2) is 0 Å². The molecule has 0 bridgehead atoms. The van der Waals surface area contributed by atoms with E-state index in [0.29, 0.717) is 11.6 Å². The van der Waals surface area contributed by atoms with Gasteiger partial charge in [-0.2, -0.15) is 0 Å². The van der Waals surface area contributed by atoms with Gasteiger partial charge in [-0.1, -0.05) is 23.8 Å². The van der Waals surface area contributed by atoms with Crippen molar-refractivity contribution in [2.75, 3.05) is 0 Å². The predicted molar refractivity (Wildman–Crippen MR) is 47.0 cm³/mol. The van der Waals surface area contributed by atoms with E-state index in [-0.39, 0.29) is 0 Å². The van der Waals surface area contributed by atoms with Gasteiger partial charge in [-0.15, -0.1) is 11.6 Å². The molecule has 0 atom stereocenters. The van der Waals surface area contributed by atoms with Gasteiger partial charge in [0.2, 0.25) is 0 Å². The smallest absolute Gasteiger partial charge is 0.187 e. The third kappa shape index (κ3) is 1.72. The summed E-state index contributed by atoms with van der Waals surface area (Å²) in [7, 11) is 0. The first kappa shape index (κ1) is 8.10. The second-order valence-corrected chi connectivity index (χ2v) is 2.62. The molecular weight excluding hydrogens is 158 g/mol. The molecule has 0 N–H and O–H groups in total. The fourth-order valence-corrected chi connectivity index (χ4v) is 1.20. The molecule has 0 saturated heterocycles. The molecule has 0 fully saturated rings. The lowest BCUT2D eigenvalue weighted by Crippen LogP contribution is -1.81. The lowest BCUT2D eigenvalue weighted by molar-refractivity contribution is 1.31. The molecule has 1 aromatic carbocycles. The first-order valence-electron chi connectivity index (χ1n) is 3.31. The summed E-state index contributed by atoms with van der Waals surface area (Å²) >= 11 is 5.65. The molecule has 1 aromatic rings. The third-order valence-corrected chi connectivity index (χ3v) is 1.89. The molecule has 0 aliphatic heterocycles. The molecule has 0 unspecified atom stereocenters. The number of hydrogen-bond donors (Lipinski definition) is 0. The number of nitrogens with zero attached hydrogens (tertiary/aromatic N) is 1. The van der Waals surface area contributed by atoms with Crippen LogP contribution < -0.4 is 0 Å². The van der Waals surface area contributed by atoms with Crippen molar-refractivity contribution in [1.29, 1.82) is 0 Å². The Morgan fingerprint density at radius 1 is 1.55 bits per heavy atom.